The first kappa shape index (κ1) is 11.2. The first-order valence-corrected chi connectivity index (χ1v) is 4.01. The van der Waals surface area contributed by atoms with E-state index in [1.807, 2.05) is 0 Å². The second-order valence-corrected chi connectivity index (χ2v) is 2.76. The average molecular weight is 191 g/mol. The topological polar surface area (TPSA) is 43.4 Å². The van der Waals surface area contributed by atoms with Gasteiger partial charge in [0.1, 0.15) is 0 Å². The van der Waals surface area contributed by atoms with Crippen LogP contribution in [0.2, 0.25) is 0 Å². The second-order valence-electron chi connectivity index (χ2n) is 2.49. The van der Waals surface area contributed by atoms with E-state index in [1.165, 1.54) is 0 Å². The highest BCUT2D eigenvalue weighted by molar-refractivity contribution is 6.34. The van der Waals surface area contributed by atoms with Crippen LogP contribution in [0.25, 0.3) is 0 Å². The average Bonchev–Trinajstić information content (AvgIpc) is 2.00. The van der Waals surface area contributed by atoms with Crippen LogP contribution >= 0.6 is 11.6 Å². The normalized spacial score (nSPS) is 9.67. The van der Waals surface area contributed by atoms with E-state index in [0.717, 1.165) is 0 Å². The van der Waals surface area contributed by atoms with Gasteiger partial charge in [-0.05, 0) is 13.8 Å². The Morgan fingerprint density at radius 1 is 1.50 bits per heavy atom. The molecular formula is C8H11ClO3. The number of rotatable bonds is 4. The minimum Gasteiger partial charge on any atom is -0.459 e. The van der Waals surface area contributed by atoms with Crippen LogP contribution in [0.4, 0.5) is 0 Å². The molecule has 3 nitrogen and oxygen atoms in total. The Labute approximate surface area is 76.3 Å². The Hall–Kier alpha value is -0.830. The van der Waals surface area contributed by atoms with Gasteiger partial charge in [0.05, 0.1) is 17.6 Å². The van der Waals surface area contributed by atoms with Crippen LogP contribution in [0.3, 0.4) is 0 Å². The molecule has 0 aromatic heterocycles. The fourth-order valence-electron chi connectivity index (χ4n) is 0.480. The maximum atomic E-state index is 11.0. The molecule has 0 aliphatic rings. The summed E-state index contributed by atoms with van der Waals surface area (Å²) in [5.74, 6) is -1.44. The lowest BCUT2D eigenvalue weighted by atomic mass is 10.2. The van der Waals surface area contributed by atoms with Crippen molar-refractivity contribution in [2.45, 2.75) is 20.0 Å². The third-order valence-electron chi connectivity index (χ3n) is 1.05. The number of esters is 1. The molecule has 68 valence electrons. The van der Waals surface area contributed by atoms with Crippen molar-refractivity contribution in [1.29, 1.82) is 0 Å². The molecule has 0 heterocycles. The van der Waals surface area contributed by atoms with Gasteiger partial charge >= 0.3 is 5.97 Å². The lowest BCUT2D eigenvalue weighted by Crippen LogP contribution is -2.19. The molecule has 0 unspecified atom stereocenters. The van der Waals surface area contributed by atoms with Crippen molar-refractivity contribution in [2.24, 2.45) is 0 Å². The second kappa shape index (κ2) is 4.93. The highest BCUT2D eigenvalue weighted by Gasteiger charge is 2.16. The van der Waals surface area contributed by atoms with Crippen molar-refractivity contribution in [3.8, 4) is 0 Å². The Kier molecular flexibility index (Phi) is 4.59. The maximum absolute atomic E-state index is 11.0. The fourth-order valence-corrected chi connectivity index (χ4v) is 0.641. The highest BCUT2D eigenvalue weighted by atomic mass is 35.5. The van der Waals surface area contributed by atoms with Crippen LogP contribution in [0, 0.1) is 0 Å². The van der Waals surface area contributed by atoms with Crippen LogP contribution in [0.1, 0.15) is 13.8 Å². The zero-order valence-corrected chi connectivity index (χ0v) is 7.85. The minimum atomic E-state index is -0.698. The molecule has 0 spiro atoms. The Morgan fingerprint density at radius 3 is 2.33 bits per heavy atom. The summed E-state index contributed by atoms with van der Waals surface area (Å²) in [5.41, 5.74) is -0.196. The number of ether oxygens (including phenoxy) is 1. The maximum Gasteiger partial charge on any atom is 0.341 e. The van der Waals surface area contributed by atoms with Crippen molar-refractivity contribution in [3.05, 3.63) is 12.2 Å². The molecule has 4 heteroatoms. The zero-order valence-electron chi connectivity index (χ0n) is 7.09. The van der Waals surface area contributed by atoms with Gasteiger partial charge in [0, 0.05) is 0 Å². The van der Waals surface area contributed by atoms with Gasteiger partial charge in [-0.3, -0.25) is 4.79 Å². The molecule has 0 bridgehead atoms. The van der Waals surface area contributed by atoms with E-state index in [0.29, 0.717) is 0 Å². The third-order valence-corrected chi connectivity index (χ3v) is 1.29. The van der Waals surface area contributed by atoms with E-state index in [2.05, 4.69) is 6.58 Å². The summed E-state index contributed by atoms with van der Waals surface area (Å²) >= 11 is 5.21. The van der Waals surface area contributed by atoms with Crippen molar-refractivity contribution in [1.82, 2.24) is 0 Å². The van der Waals surface area contributed by atoms with Gasteiger partial charge in [0.25, 0.3) is 0 Å². The zero-order chi connectivity index (χ0) is 9.72. The highest BCUT2D eigenvalue weighted by Crippen LogP contribution is 2.01. The molecule has 0 saturated heterocycles. The summed E-state index contributed by atoms with van der Waals surface area (Å²) in [5, 5.41) is 0. The minimum absolute atomic E-state index is 0.196. The number of ketones is 1. The summed E-state index contributed by atoms with van der Waals surface area (Å²) in [6, 6.07) is 0. The lowest BCUT2D eigenvalue weighted by Gasteiger charge is -2.07. The predicted octanol–water partition coefficient (Wildman–Crippen LogP) is 1.30. The van der Waals surface area contributed by atoms with Gasteiger partial charge < -0.3 is 4.74 Å². The van der Waals surface area contributed by atoms with Crippen molar-refractivity contribution < 1.29 is 14.3 Å². The molecule has 0 amide bonds. The molecule has 0 radical (unpaired) electrons. The molecule has 0 N–H and O–H groups in total. The van der Waals surface area contributed by atoms with Gasteiger partial charge in [-0.1, -0.05) is 6.58 Å². The van der Waals surface area contributed by atoms with Crippen molar-refractivity contribution in [2.75, 3.05) is 5.88 Å². The Balaban J connectivity index is 4.12. The smallest absolute Gasteiger partial charge is 0.341 e. The molecule has 12 heavy (non-hydrogen) atoms. The van der Waals surface area contributed by atoms with E-state index in [9.17, 15) is 9.59 Å². The quantitative estimate of drug-likeness (QED) is 0.221. The number of carbonyl (C=O) groups is 2. The molecule has 0 aliphatic carbocycles. The monoisotopic (exact) mass is 190 g/mol. The third kappa shape index (κ3) is 3.53. The van der Waals surface area contributed by atoms with Crippen LogP contribution in [0.15, 0.2) is 12.2 Å². The molecule has 0 saturated carbocycles. The van der Waals surface area contributed by atoms with E-state index in [4.69, 9.17) is 16.3 Å². The Bertz CT molecular complexity index is 208. The number of alkyl halides is 1. The fraction of sp³-hybridized carbons (Fsp3) is 0.500. The molecule has 0 rings (SSSR count). The van der Waals surface area contributed by atoms with Gasteiger partial charge in [0.15, 0.2) is 5.78 Å². The molecule has 0 aromatic carbocycles. The standard InChI is InChI=1S/C8H11ClO3/c1-5(2)12-8(11)6(3)7(10)4-9/h5H,3-4H2,1-2H3. The van der Waals surface area contributed by atoms with Gasteiger partial charge in [0.2, 0.25) is 0 Å². The van der Waals surface area contributed by atoms with Crippen molar-refractivity contribution >= 4 is 23.4 Å². The van der Waals surface area contributed by atoms with Crippen LogP contribution in [-0.4, -0.2) is 23.7 Å². The van der Waals surface area contributed by atoms with Gasteiger partial charge in [-0.25, -0.2) is 4.79 Å². The molecule has 0 atom stereocenters. The largest absolute Gasteiger partial charge is 0.459 e. The summed E-state index contributed by atoms with van der Waals surface area (Å²) in [4.78, 5) is 21.8. The Morgan fingerprint density at radius 2 is 2.00 bits per heavy atom. The number of hydrogen-bond acceptors (Lipinski definition) is 3. The van der Waals surface area contributed by atoms with Crippen LogP contribution in [0.5, 0.6) is 0 Å². The first-order chi connectivity index (χ1) is 5.49. The van der Waals surface area contributed by atoms with Gasteiger partial charge in [-0.15, -0.1) is 11.6 Å². The SMILES string of the molecule is C=C(C(=O)CCl)C(=O)OC(C)C. The van der Waals surface area contributed by atoms with E-state index in [-0.39, 0.29) is 17.6 Å². The van der Waals surface area contributed by atoms with Crippen LogP contribution < -0.4 is 0 Å². The first-order valence-electron chi connectivity index (χ1n) is 3.48. The number of carbonyl (C=O) groups excluding carboxylic acids is 2. The summed E-state index contributed by atoms with van der Waals surface area (Å²) in [7, 11) is 0. The van der Waals surface area contributed by atoms with Crippen LogP contribution in [-0.2, 0) is 14.3 Å². The lowest BCUT2D eigenvalue weighted by molar-refractivity contribution is -0.143. The van der Waals surface area contributed by atoms with Gasteiger partial charge in [-0.2, -0.15) is 0 Å². The number of hydrogen-bond donors (Lipinski definition) is 0. The number of halogens is 1. The van der Waals surface area contributed by atoms with E-state index >= 15 is 0 Å². The molecule has 0 aliphatic heterocycles. The van der Waals surface area contributed by atoms with Crippen molar-refractivity contribution in [3.63, 3.8) is 0 Å². The summed E-state index contributed by atoms with van der Waals surface area (Å²) < 4.78 is 4.72. The van der Waals surface area contributed by atoms with E-state index < -0.39 is 11.8 Å². The molecule has 0 aromatic rings. The summed E-state index contributed by atoms with van der Waals surface area (Å²) in [6.07, 6.45) is -0.252. The number of Topliss-reactive ketones (excluding diaryl/α,β-unsaturated/α-hetero) is 1. The molecule has 0 fully saturated rings. The van der Waals surface area contributed by atoms with E-state index in [1.54, 1.807) is 13.8 Å². The molecular weight excluding hydrogens is 180 g/mol. The predicted molar refractivity (Wildman–Crippen MR) is 46.1 cm³/mol. The summed E-state index contributed by atoms with van der Waals surface area (Å²) in [6.45, 7) is 6.65.